The summed E-state index contributed by atoms with van der Waals surface area (Å²) in [5.74, 6) is 0. The van der Waals surface area contributed by atoms with Crippen LogP contribution in [0, 0.1) is 11.3 Å². The third-order valence-corrected chi connectivity index (χ3v) is 15.8. The highest BCUT2D eigenvalue weighted by Gasteiger charge is 2.41. The molecular weight excluding hydrogens is 1010 g/mol. The quantitative estimate of drug-likeness (QED) is 0.153. The normalized spacial score (nSPS) is 12.4. The molecule has 0 amide bonds. The summed E-state index contributed by atoms with van der Waals surface area (Å²) in [7, 11) is 0. The van der Waals surface area contributed by atoms with Crippen molar-refractivity contribution in [2.45, 2.75) is 12.4 Å². The summed E-state index contributed by atoms with van der Waals surface area (Å²) in [5, 5.41) is 18.5. The van der Waals surface area contributed by atoms with Crippen LogP contribution in [0.15, 0.2) is 237 Å². The molecule has 0 aliphatic rings. The van der Waals surface area contributed by atoms with Crippen molar-refractivity contribution in [3.8, 4) is 51.1 Å². The molecule has 4 aromatic heterocycles. The fraction of sp³-hybridized carbons (Fsp3) is 0.0290. The number of rotatable bonds is 6. The Labute approximate surface area is 451 Å². The zero-order chi connectivity index (χ0) is 54.2. The zero-order valence-electron chi connectivity index (χ0n) is 42.0. The lowest BCUT2D eigenvalue weighted by Crippen LogP contribution is -2.14. The molecule has 382 valence electrons. The highest BCUT2D eigenvalue weighted by atomic mass is 19.4. The van der Waals surface area contributed by atoms with Crippen molar-refractivity contribution in [3.05, 3.63) is 253 Å². The number of hydrogen-bond donors (Lipinski definition) is 0. The summed E-state index contributed by atoms with van der Waals surface area (Å²) in [4.78, 5) is 0. The van der Waals surface area contributed by atoms with Gasteiger partial charge in [0.05, 0.1) is 78.3 Å². The van der Waals surface area contributed by atoms with Crippen LogP contribution in [-0.2, 0) is 12.4 Å². The van der Waals surface area contributed by atoms with E-state index in [9.17, 15) is 5.26 Å². The fourth-order valence-corrected chi connectivity index (χ4v) is 12.5. The number of para-hydroxylation sites is 6. The van der Waals surface area contributed by atoms with Crippen LogP contribution in [0.3, 0.4) is 0 Å². The van der Waals surface area contributed by atoms with Crippen LogP contribution in [0.1, 0.15) is 16.7 Å². The molecule has 0 atom stereocenters. The van der Waals surface area contributed by atoms with Gasteiger partial charge in [0.15, 0.2) is 0 Å². The molecule has 4 heterocycles. The third-order valence-electron chi connectivity index (χ3n) is 15.8. The lowest BCUT2D eigenvalue weighted by Gasteiger charge is -2.22. The van der Waals surface area contributed by atoms with Gasteiger partial charge in [-0.15, -0.1) is 0 Å². The molecule has 0 saturated carbocycles. The standard InChI is InChI=1S/C69H39F6N5/c70-68(71,72)55-24-15-25-56(69(73,74)75)67(55)42-31-33-62(80-60-29-14-10-23-48(60)54-37-52-46-21-8-12-27-58(46)78(64(52)39-66(54)80)44-18-5-2-6-19-44)50(35-42)49-34-41(40-76)30-32-61(49)79-59-28-13-9-22-47(59)53-36-51-45-20-7-11-26-57(45)77(63(51)38-65(53)79)43-16-3-1-4-17-43/h1-39H. The Kier molecular flexibility index (Phi) is 10.2. The molecule has 80 heavy (non-hydrogen) atoms. The summed E-state index contributed by atoms with van der Waals surface area (Å²) in [6, 6.07) is 75.1. The Hall–Kier alpha value is -10.3. The molecule has 15 aromatic rings. The van der Waals surface area contributed by atoms with Crippen molar-refractivity contribution < 1.29 is 26.3 Å². The van der Waals surface area contributed by atoms with E-state index in [0.29, 0.717) is 29.1 Å². The van der Waals surface area contributed by atoms with Crippen molar-refractivity contribution in [2.24, 2.45) is 0 Å². The van der Waals surface area contributed by atoms with Crippen LogP contribution in [0.5, 0.6) is 0 Å². The van der Waals surface area contributed by atoms with Crippen molar-refractivity contribution in [1.29, 1.82) is 5.26 Å². The van der Waals surface area contributed by atoms with Crippen molar-refractivity contribution in [1.82, 2.24) is 18.3 Å². The molecule has 0 aliphatic carbocycles. The van der Waals surface area contributed by atoms with Crippen LogP contribution in [-0.4, -0.2) is 18.3 Å². The van der Waals surface area contributed by atoms with Gasteiger partial charge in [-0.05, 0) is 121 Å². The summed E-state index contributed by atoms with van der Waals surface area (Å²) in [6.45, 7) is 0. The minimum atomic E-state index is -5.16. The number of hydrogen-bond acceptors (Lipinski definition) is 1. The Bertz CT molecular complexity index is 5070. The van der Waals surface area contributed by atoms with Gasteiger partial charge < -0.3 is 18.3 Å². The maximum atomic E-state index is 15.3. The predicted molar refractivity (Wildman–Crippen MR) is 309 cm³/mol. The lowest BCUT2D eigenvalue weighted by molar-refractivity contribution is -0.142. The largest absolute Gasteiger partial charge is 0.417 e. The van der Waals surface area contributed by atoms with Crippen LogP contribution in [0.25, 0.3) is 132 Å². The average molecular weight is 1050 g/mol. The van der Waals surface area contributed by atoms with Crippen molar-refractivity contribution in [3.63, 3.8) is 0 Å². The van der Waals surface area contributed by atoms with E-state index in [1.165, 1.54) is 12.1 Å². The van der Waals surface area contributed by atoms with E-state index < -0.39 is 29.0 Å². The Morgan fingerprint density at radius 2 is 0.662 bits per heavy atom. The Balaban J connectivity index is 1.10. The Morgan fingerprint density at radius 3 is 1.07 bits per heavy atom. The number of nitriles is 1. The summed E-state index contributed by atoms with van der Waals surface area (Å²) >= 11 is 0. The van der Waals surface area contributed by atoms with Gasteiger partial charge in [0, 0.05) is 71.2 Å². The molecule has 0 unspecified atom stereocenters. The van der Waals surface area contributed by atoms with Gasteiger partial charge in [-0.1, -0.05) is 121 Å². The summed E-state index contributed by atoms with van der Waals surface area (Å²) < 4.78 is 100. The lowest BCUT2D eigenvalue weighted by atomic mass is 9.90. The molecule has 0 N–H and O–H groups in total. The first-order valence-corrected chi connectivity index (χ1v) is 26.0. The van der Waals surface area contributed by atoms with Crippen LogP contribution >= 0.6 is 0 Å². The number of nitrogens with zero attached hydrogens (tertiary/aromatic N) is 5. The van der Waals surface area contributed by atoms with E-state index in [2.05, 4.69) is 80.4 Å². The minimum absolute atomic E-state index is 0.232. The van der Waals surface area contributed by atoms with Crippen LogP contribution in [0.4, 0.5) is 26.3 Å². The summed E-state index contributed by atoms with van der Waals surface area (Å²) in [5.41, 5.74) is 6.51. The Morgan fingerprint density at radius 1 is 0.300 bits per heavy atom. The summed E-state index contributed by atoms with van der Waals surface area (Å²) in [6.07, 6.45) is -10.3. The van der Waals surface area contributed by atoms with Gasteiger partial charge in [0.2, 0.25) is 0 Å². The molecule has 0 spiro atoms. The molecule has 0 fully saturated rings. The van der Waals surface area contributed by atoms with E-state index in [1.807, 2.05) is 132 Å². The first-order valence-electron chi connectivity index (χ1n) is 26.0. The second kappa shape index (κ2) is 17.3. The van der Waals surface area contributed by atoms with Crippen LogP contribution in [0.2, 0.25) is 0 Å². The topological polar surface area (TPSA) is 43.5 Å². The average Bonchev–Trinajstić information content (AvgIpc) is 3.78. The predicted octanol–water partition coefficient (Wildman–Crippen LogP) is 19.3. The molecule has 11 heteroatoms. The van der Waals surface area contributed by atoms with Gasteiger partial charge in [-0.25, -0.2) is 0 Å². The van der Waals surface area contributed by atoms with Crippen LogP contribution < -0.4 is 0 Å². The number of halogens is 6. The minimum Gasteiger partial charge on any atom is -0.309 e. The van der Waals surface area contributed by atoms with Crippen molar-refractivity contribution in [2.75, 3.05) is 0 Å². The van der Waals surface area contributed by atoms with E-state index in [-0.39, 0.29) is 16.7 Å². The highest BCUT2D eigenvalue weighted by molar-refractivity contribution is 6.21. The maximum Gasteiger partial charge on any atom is 0.417 e. The maximum absolute atomic E-state index is 15.3. The zero-order valence-corrected chi connectivity index (χ0v) is 42.0. The van der Waals surface area contributed by atoms with Crippen molar-refractivity contribution >= 4 is 87.2 Å². The van der Waals surface area contributed by atoms with Gasteiger partial charge in [-0.2, -0.15) is 31.6 Å². The molecule has 0 aliphatic heterocycles. The molecule has 0 saturated heterocycles. The fourth-order valence-electron chi connectivity index (χ4n) is 12.5. The first-order chi connectivity index (χ1) is 38.9. The molecule has 15 rings (SSSR count). The van der Waals surface area contributed by atoms with Gasteiger partial charge in [0.1, 0.15) is 0 Å². The van der Waals surface area contributed by atoms with Gasteiger partial charge in [-0.3, -0.25) is 0 Å². The molecule has 0 radical (unpaired) electrons. The van der Waals surface area contributed by atoms with E-state index in [0.717, 1.165) is 105 Å². The monoisotopic (exact) mass is 1050 g/mol. The number of alkyl halides is 6. The van der Waals surface area contributed by atoms with E-state index >= 15 is 26.3 Å². The van der Waals surface area contributed by atoms with E-state index in [4.69, 9.17) is 0 Å². The number of benzene rings is 11. The van der Waals surface area contributed by atoms with Gasteiger partial charge in [0.25, 0.3) is 0 Å². The second-order valence-electron chi connectivity index (χ2n) is 20.2. The molecule has 5 nitrogen and oxygen atoms in total. The molecular formula is C69H39F6N5. The second-order valence-corrected chi connectivity index (χ2v) is 20.2. The molecule has 0 bridgehead atoms. The molecule has 11 aromatic carbocycles. The van der Waals surface area contributed by atoms with E-state index in [1.54, 1.807) is 18.2 Å². The third kappa shape index (κ3) is 6.98. The smallest absolute Gasteiger partial charge is 0.309 e. The van der Waals surface area contributed by atoms with Gasteiger partial charge >= 0.3 is 12.4 Å². The number of aromatic nitrogens is 4. The first kappa shape index (κ1) is 46.9. The highest BCUT2D eigenvalue weighted by Crippen LogP contribution is 2.49. The SMILES string of the molecule is N#Cc1ccc(-n2c3ccccc3c3cc4c5ccccc5n(-c5ccccc5)c4cc32)c(-c2cc(-c3c(C(F)(F)F)cccc3C(F)(F)F)ccc2-n2c3ccccc3c3cc4c5ccccc5n(-c5ccccc5)c4cc32)c1. The number of fused-ring (bicyclic) bond motifs is 12.